The predicted molar refractivity (Wildman–Crippen MR) is 82.7 cm³/mol. The summed E-state index contributed by atoms with van der Waals surface area (Å²) in [4.78, 5) is 10.9. The third kappa shape index (κ3) is 4.15. The van der Waals surface area contributed by atoms with Crippen molar-refractivity contribution >= 4 is 16.1 Å². The number of sulfonamides is 1. The topological polar surface area (TPSA) is 75.7 Å². The molecule has 0 saturated carbocycles. The van der Waals surface area contributed by atoms with E-state index < -0.39 is 56.1 Å². The van der Waals surface area contributed by atoms with Crippen LogP contribution in [0.1, 0.15) is 19.8 Å². The van der Waals surface area contributed by atoms with Gasteiger partial charge in [-0.15, -0.1) is 0 Å². The van der Waals surface area contributed by atoms with Crippen LogP contribution in [-0.2, 0) is 14.8 Å². The van der Waals surface area contributed by atoms with Gasteiger partial charge in [-0.1, -0.05) is 0 Å². The summed E-state index contributed by atoms with van der Waals surface area (Å²) >= 11 is 0. The van der Waals surface area contributed by atoms with Crippen molar-refractivity contribution in [2.45, 2.75) is 30.7 Å². The van der Waals surface area contributed by atoms with E-state index in [2.05, 4.69) is 4.74 Å². The third-order valence-electron chi connectivity index (χ3n) is 4.46. The van der Waals surface area contributed by atoms with Gasteiger partial charge in [0.15, 0.2) is 28.2 Å². The number of nitrogens with zero attached hydrogens (tertiary/aromatic N) is 1. The molecule has 0 aromatic heterocycles. The second-order valence-electron chi connectivity index (χ2n) is 6.10. The van der Waals surface area contributed by atoms with Gasteiger partial charge in [0, 0.05) is 19.1 Å². The monoisotopic (exact) mass is 416 g/mol. The molecule has 1 aromatic rings. The number of benzene rings is 1. The number of methoxy groups -OCH3 is 1. The van der Waals surface area contributed by atoms with E-state index in [-0.39, 0.29) is 19.0 Å². The molecule has 0 aliphatic carbocycles. The Balaban J connectivity index is 2.19. The van der Waals surface area contributed by atoms with Crippen molar-refractivity contribution in [3.8, 4) is 0 Å². The number of halogens is 5. The van der Waals surface area contributed by atoms with Crippen LogP contribution in [-0.4, -0.2) is 45.7 Å². The van der Waals surface area contributed by atoms with E-state index in [0.29, 0.717) is 12.8 Å². The van der Waals surface area contributed by atoms with Crippen LogP contribution in [0, 0.1) is 35.0 Å². The molecule has 1 unspecified atom stereocenters. The Morgan fingerprint density at radius 3 is 1.93 bits per heavy atom. The van der Waals surface area contributed by atoms with Crippen molar-refractivity contribution in [3.63, 3.8) is 0 Å². The number of carbonyl (C=O) groups is 1. The predicted octanol–water partition coefficient (Wildman–Crippen LogP) is 2.53. The first kappa shape index (κ1) is 21.4. The van der Waals surface area contributed by atoms with E-state index >= 15 is 0 Å². The summed E-state index contributed by atoms with van der Waals surface area (Å²) in [6, 6.07) is -0.871. The first-order valence-electron chi connectivity index (χ1n) is 7.87. The van der Waals surface area contributed by atoms with Gasteiger partial charge in [0.2, 0.25) is 15.8 Å². The highest BCUT2D eigenvalue weighted by atomic mass is 32.2. The average Bonchev–Trinajstić information content (AvgIpc) is 2.63. The van der Waals surface area contributed by atoms with Crippen LogP contribution in [0.3, 0.4) is 0 Å². The van der Waals surface area contributed by atoms with Crippen molar-refractivity contribution in [2.75, 3.05) is 20.2 Å². The first-order chi connectivity index (χ1) is 12.5. The van der Waals surface area contributed by atoms with Crippen molar-refractivity contribution in [1.82, 2.24) is 9.62 Å². The molecular formula is C15H17F5N2O4S. The fourth-order valence-electron chi connectivity index (χ4n) is 2.93. The van der Waals surface area contributed by atoms with Gasteiger partial charge in [-0.25, -0.2) is 39.9 Å². The number of amides is 1. The lowest BCUT2D eigenvalue weighted by molar-refractivity contribution is 0.102. The summed E-state index contributed by atoms with van der Waals surface area (Å²) in [5.74, 6) is -12.3. The van der Waals surface area contributed by atoms with E-state index in [1.54, 1.807) is 0 Å². The molecule has 1 saturated heterocycles. The summed E-state index contributed by atoms with van der Waals surface area (Å²) < 4.78 is 98.2. The minimum Gasteiger partial charge on any atom is -0.453 e. The molecule has 1 N–H and O–H groups in total. The minimum absolute atomic E-state index is 0.270. The van der Waals surface area contributed by atoms with Crippen LogP contribution in [0.25, 0.3) is 0 Å². The smallest absolute Gasteiger partial charge is 0.409 e. The minimum atomic E-state index is -5.02. The molecule has 1 aliphatic heterocycles. The van der Waals surface area contributed by atoms with Crippen LogP contribution in [0.4, 0.5) is 26.7 Å². The van der Waals surface area contributed by atoms with Crippen LogP contribution < -0.4 is 4.72 Å². The van der Waals surface area contributed by atoms with E-state index in [4.69, 9.17) is 0 Å². The summed E-state index contributed by atoms with van der Waals surface area (Å²) in [6.07, 6.45) is 0.175. The molecular weight excluding hydrogens is 399 g/mol. The Morgan fingerprint density at radius 2 is 1.48 bits per heavy atom. The van der Waals surface area contributed by atoms with Gasteiger partial charge in [0.05, 0.1) is 7.11 Å². The molecule has 1 amide bonds. The lowest BCUT2D eigenvalue weighted by Gasteiger charge is -2.34. The molecule has 2 rings (SSSR count). The highest BCUT2D eigenvalue weighted by Crippen LogP contribution is 2.28. The summed E-state index contributed by atoms with van der Waals surface area (Å²) in [6.45, 7) is 1.94. The molecule has 0 radical (unpaired) electrons. The molecule has 1 fully saturated rings. The average molecular weight is 416 g/mol. The highest BCUT2D eigenvalue weighted by Gasteiger charge is 2.36. The van der Waals surface area contributed by atoms with Gasteiger partial charge in [0.1, 0.15) is 0 Å². The molecule has 12 heteroatoms. The second-order valence-corrected chi connectivity index (χ2v) is 7.75. The fourth-order valence-corrected chi connectivity index (χ4v) is 4.38. The largest absolute Gasteiger partial charge is 0.453 e. The Bertz CT molecular complexity index is 812. The van der Waals surface area contributed by atoms with Crippen molar-refractivity contribution in [1.29, 1.82) is 0 Å². The van der Waals surface area contributed by atoms with Gasteiger partial charge >= 0.3 is 6.09 Å². The van der Waals surface area contributed by atoms with Crippen molar-refractivity contribution < 1.29 is 39.9 Å². The molecule has 152 valence electrons. The summed E-state index contributed by atoms with van der Waals surface area (Å²) in [5, 5.41) is 0. The maximum atomic E-state index is 13.8. The quantitative estimate of drug-likeness (QED) is 0.465. The molecule has 1 atom stereocenters. The van der Waals surface area contributed by atoms with E-state index in [9.17, 15) is 35.2 Å². The van der Waals surface area contributed by atoms with E-state index in [1.807, 2.05) is 4.72 Å². The normalized spacial score (nSPS) is 17.1. The van der Waals surface area contributed by atoms with Crippen molar-refractivity contribution in [2.24, 2.45) is 5.92 Å². The third-order valence-corrected chi connectivity index (χ3v) is 6.04. The van der Waals surface area contributed by atoms with Gasteiger partial charge in [-0.3, -0.25) is 0 Å². The molecule has 1 aliphatic rings. The Hall–Kier alpha value is -1.95. The molecule has 0 spiro atoms. The number of piperidine rings is 1. The maximum Gasteiger partial charge on any atom is 0.409 e. The maximum absolute atomic E-state index is 13.8. The highest BCUT2D eigenvalue weighted by molar-refractivity contribution is 7.89. The van der Waals surface area contributed by atoms with Crippen LogP contribution >= 0.6 is 0 Å². The van der Waals surface area contributed by atoms with E-state index in [0.717, 1.165) is 0 Å². The van der Waals surface area contributed by atoms with Gasteiger partial charge in [-0.05, 0) is 25.7 Å². The Kier molecular flexibility index (Phi) is 6.30. The molecule has 0 bridgehead atoms. The first-order valence-corrected chi connectivity index (χ1v) is 9.36. The number of ether oxygens (including phenoxy) is 1. The zero-order valence-corrected chi connectivity index (χ0v) is 15.2. The number of likely N-dealkylation sites (tertiary alicyclic amines) is 1. The van der Waals surface area contributed by atoms with Gasteiger partial charge in [0.25, 0.3) is 0 Å². The lowest BCUT2D eigenvalue weighted by atomic mass is 9.91. The Morgan fingerprint density at radius 1 is 1.04 bits per heavy atom. The van der Waals surface area contributed by atoms with Crippen LogP contribution in [0.2, 0.25) is 0 Å². The number of rotatable bonds is 4. The number of nitrogens with one attached hydrogen (secondary N) is 1. The standard InChI is InChI=1S/C15H17F5N2O4S/c1-7(8-3-5-22(6-4-8)15(23)26-2)21-27(24,25)14-12(19)10(17)9(16)11(18)13(14)20/h7-8,21H,3-6H2,1-2H3. The van der Waals surface area contributed by atoms with Crippen LogP contribution in [0.15, 0.2) is 4.90 Å². The molecule has 1 heterocycles. The number of hydrogen-bond donors (Lipinski definition) is 1. The van der Waals surface area contributed by atoms with Gasteiger partial charge in [-0.2, -0.15) is 0 Å². The number of hydrogen-bond acceptors (Lipinski definition) is 4. The summed E-state index contributed by atoms with van der Waals surface area (Å²) in [7, 11) is -3.80. The molecule has 1 aromatic carbocycles. The van der Waals surface area contributed by atoms with E-state index in [1.165, 1.54) is 18.9 Å². The lowest BCUT2D eigenvalue weighted by Crippen LogP contribution is -2.45. The van der Waals surface area contributed by atoms with Crippen LogP contribution in [0.5, 0.6) is 0 Å². The van der Waals surface area contributed by atoms with Crippen molar-refractivity contribution in [3.05, 3.63) is 29.1 Å². The fraction of sp³-hybridized carbons (Fsp3) is 0.533. The molecule has 6 nitrogen and oxygen atoms in total. The zero-order chi connectivity index (χ0) is 20.5. The summed E-state index contributed by atoms with van der Waals surface area (Å²) in [5.41, 5.74) is 0. The Labute approximate surface area is 152 Å². The SMILES string of the molecule is COC(=O)N1CCC(C(C)NS(=O)(=O)c2c(F)c(F)c(F)c(F)c2F)CC1. The second kappa shape index (κ2) is 7.97. The van der Waals surface area contributed by atoms with Gasteiger partial charge < -0.3 is 9.64 Å². The zero-order valence-electron chi connectivity index (χ0n) is 14.4. The number of carbonyl (C=O) groups excluding carboxylic acids is 1. The molecule has 27 heavy (non-hydrogen) atoms.